The fourth-order valence-electron chi connectivity index (χ4n) is 2.62. The molecule has 1 aromatic carbocycles. The average Bonchev–Trinajstić information content (AvgIpc) is 3.33. The summed E-state index contributed by atoms with van der Waals surface area (Å²) in [6.45, 7) is -0.926. The summed E-state index contributed by atoms with van der Waals surface area (Å²) in [5.74, 6) is -2.28. The van der Waals surface area contributed by atoms with E-state index in [1.807, 2.05) is 0 Å². The number of alkyl carbamates (subject to hydrolysis) is 1. The van der Waals surface area contributed by atoms with Gasteiger partial charge in [0.15, 0.2) is 5.69 Å². The van der Waals surface area contributed by atoms with Crippen molar-refractivity contribution in [2.75, 3.05) is 18.4 Å². The number of rotatable bonds is 11. The molecule has 3 rings (SSSR count). The number of hydrogen-bond acceptors (Lipinski definition) is 9. The maximum atomic E-state index is 12.2. The van der Waals surface area contributed by atoms with Gasteiger partial charge in [0.2, 0.25) is 5.91 Å². The maximum absolute atomic E-state index is 12.2. The van der Waals surface area contributed by atoms with Gasteiger partial charge in [-0.2, -0.15) is 4.98 Å². The predicted molar refractivity (Wildman–Crippen MR) is 121 cm³/mol. The topological polar surface area (TPSA) is 185 Å². The summed E-state index contributed by atoms with van der Waals surface area (Å²) in [5.41, 5.74) is 0.646. The van der Waals surface area contributed by atoms with Crippen molar-refractivity contribution in [3.8, 4) is 0 Å². The number of nitrogens with zero attached hydrogens (tertiary/aromatic N) is 2. The van der Waals surface area contributed by atoms with E-state index in [1.165, 1.54) is 0 Å². The molecule has 182 valence electrons. The number of carbonyl (C=O) groups is 4. The highest BCUT2D eigenvalue weighted by molar-refractivity contribution is 5.95. The van der Waals surface area contributed by atoms with Crippen LogP contribution >= 0.6 is 0 Å². The van der Waals surface area contributed by atoms with Crippen LogP contribution in [0.25, 0.3) is 0 Å². The van der Waals surface area contributed by atoms with Gasteiger partial charge in [-0.1, -0.05) is 36.4 Å². The number of carboxylic acids is 1. The minimum Gasteiger partial charge on any atom is -0.480 e. The number of hydrogen-bond donors (Lipinski definition) is 5. The SMILES string of the molecule is O=C(CNC(=O)c1coc(Nc2ccccn2)n1)NCC(NC(=O)OCc1ccccc1)C(=O)O. The molecular formula is C22H22N6O7. The highest BCUT2D eigenvalue weighted by Gasteiger charge is 2.22. The normalized spacial score (nSPS) is 11.1. The molecule has 1 unspecified atom stereocenters. The molecule has 2 heterocycles. The van der Waals surface area contributed by atoms with Gasteiger partial charge in [-0.25, -0.2) is 14.6 Å². The first-order valence-corrected chi connectivity index (χ1v) is 10.3. The first-order valence-electron chi connectivity index (χ1n) is 10.3. The molecule has 5 N–H and O–H groups in total. The Hall–Kier alpha value is -4.94. The maximum Gasteiger partial charge on any atom is 0.408 e. The van der Waals surface area contributed by atoms with Crippen LogP contribution in [0.5, 0.6) is 0 Å². The smallest absolute Gasteiger partial charge is 0.408 e. The molecule has 0 radical (unpaired) electrons. The van der Waals surface area contributed by atoms with Crippen LogP contribution in [0.3, 0.4) is 0 Å². The number of ether oxygens (including phenoxy) is 1. The number of oxazole rings is 1. The van der Waals surface area contributed by atoms with Crippen molar-refractivity contribution in [2.45, 2.75) is 12.6 Å². The molecule has 0 spiro atoms. The van der Waals surface area contributed by atoms with Crippen LogP contribution in [-0.2, 0) is 20.9 Å². The van der Waals surface area contributed by atoms with E-state index in [-0.39, 0.29) is 18.3 Å². The van der Waals surface area contributed by atoms with E-state index >= 15 is 0 Å². The van der Waals surface area contributed by atoms with Gasteiger partial charge in [-0.05, 0) is 17.7 Å². The highest BCUT2D eigenvalue weighted by Crippen LogP contribution is 2.13. The molecule has 1 atom stereocenters. The summed E-state index contributed by atoms with van der Waals surface area (Å²) in [6, 6.07) is 12.6. The summed E-state index contributed by atoms with van der Waals surface area (Å²) >= 11 is 0. The minimum absolute atomic E-state index is 0.0350. The Morgan fingerprint density at radius 3 is 2.51 bits per heavy atom. The van der Waals surface area contributed by atoms with Crippen LogP contribution < -0.4 is 21.3 Å². The average molecular weight is 482 g/mol. The molecular weight excluding hydrogens is 460 g/mol. The number of pyridine rings is 1. The van der Waals surface area contributed by atoms with Gasteiger partial charge in [-0.15, -0.1) is 0 Å². The van der Waals surface area contributed by atoms with Gasteiger partial charge in [0.05, 0.1) is 6.54 Å². The Morgan fingerprint density at radius 2 is 1.80 bits per heavy atom. The third kappa shape index (κ3) is 8.16. The van der Waals surface area contributed by atoms with Crippen molar-refractivity contribution in [1.29, 1.82) is 0 Å². The lowest BCUT2D eigenvalue weighted by molar-refractivity contribution is -0.139. The van der Waals surface area contributed by atoms with Crippen LogP contribution in [0, 0.1) is 0 Å². The molecule has 0 saturated heterocycles. The predicted octanol–water partition coefficient (Wildman–Crippen LogP) is 1.04. The first-order chi connectivity index (χ1) is 16.9. The first kappa shape index (κ1) is 24.7. The third-order valence-electron chi connectivity index (χ3n) is 4.35. The molecule has 3 amide bonds. The Kier molecular flexibility index (Phi) is 8.71. The van der Waals surface area contributed by atoms with E-state index in [2.05, 4.69) is 31.2 Å². The summed E-state index contributed by atoms with van der Waals surface area (Å²) in [6.07, 6.45) is 1.71. The number of aliphatic carboxylic acids is 1. The molecule has 35 heavy (non-hydrogen) atoms. The van der Waals surface area contributed by atoms with E-state index < -0.39 is 43.0 Å². The standard InChI is InChI=1S/C22H22N6O7/c29-18(11-25-19(30)16-13-34-21(26-16)28-17-8-4-5-9-23-17)24-10-15(20(31)32)27-22(33)35-12-14-6-2-1-3-7-14/h1-9,13,15H,10-12H2,(H,24,29)(H,25,30)(H,27,33)(H,31,32)(H,23,26,28). The molecule has 2 aromatic heterocycles. The van der Waals surface area contributed by atoms with Crippen molar-refractivity contribution >= 4 is 35.7 Å². The Bertz CT molecular complexity index is 1150. The second-order valence-corrected chi connectivity index (χ2v) is 6.96. The van der Waals surface area contributed by atoms with Crippen molar-refractivity contribution in [3.05, 3.63) is 72.2 Å². The number of benzene rings is 1. The molecule has 0 aliphatic rings. The Labute approximate surface area is 198 Å². The monoisotopic (exact) mass is 482 g/mol. The van der Waals surface area contributed by atoms with Gasteiger partial charge in [0.1, 0.15) is 24.7 Å². The van der Waals surface area contributed by atoms with Crippen molar-refractivity contribution in [1.82, 2.24) is 25.9 Å². The highest BCUT2D eigenvalue weighted by atomic mass is 16.5. The molecule has 3 aromatic rings. The lowest BCUT2D eigenvalue weighted by Gasteiger charge is -2.15. The third-order valence-corrected chi connectivity index (χ3v) is 4.35. The van der Waals surface area contributed by atoms with E-state index in [4.69, 9.17) is 9.15 Å². The zero-order valence-electron chi connectivity index (χ0n) is 18.3. The van der Waals surface area contributed by atoms with E-state index in [0.717, 1.165) is 11.8 Å². The number of nitrogens with one attached hydrogen (secondary N) is 4. The van der Waals surface area contributed by atoms with Gasteiger partial charge in [0, 0.05) is 12.7 Å². The van der Waals surface area contributed by atoms with Crippen LogP contribution in [0.1, 0.15) is 16.1 Å². The number of carbonyl (C=O) groups excluding carboxylic acids is 3. The fraction of sp³-hybridized carbons (Fsp3) is 0.182. The van der Waals surface area contributed by atoms with Crippen LogP contribution in [-0.4, -0.2) is 58.1 Å². The van der Waals surface area contributed by atoms with E-state index in [0.29, 0.717) is 5.82 Å². The molecule has 0 fully saturated rings. The quantitative estimate of drug-likeness (QED) is 0.264. The lowest BCUT2D eigenvalue weighted by atomic mass is 10.2. The van der Waals surface area contributed by atoms with Gasteiger partial charge < -0.3 is 30.2 Å². The number of anilines is 2. The molecule has 13 heteroatoms. The summed E-state index contributed by atoms with van der Waals surface area (Å²) in [5, 5.41) is 18.9. The number of carboxylic acid groups (broad SMARTS) is 1. The van der Waals surface area contributed by atoms with Crippen LogP contribution in [0.4, 0.5) is 16.6 Å². The van der Waals surface area contributed by atoms with Crippen molar-refractivity contribution < 1.29 is 33.4 Å². The lowest BCUT2D eigenvalue weighted by Crippen LogP contribution is -2.50. The van der Waals surface area contributed by atoms with Crippen molar-refractivity contribution in [3.63, 3.8) is 0 Å². The minimum atomic E-state index is -1.44. The molecule has 13 nitrogen and oxygen atoms in total. The number of amides is 3. The molecule has 0 aliphatic heterocycles. The fourth-order valence-corrected chi connectivity index (χ4v) is 2.62. The van der Waals surface area contributed by atoms with Gasteiger partial charge >= 0.3 is 18.1 Å². The van der Waals surface area contributed by atoms with E-state index in [9.17, 15) is 24.3 Å². The summed E-state index contributed by atoms with van der Waals surface area (Å²) in [7, 11) is 0. The second-order valence-electron chi connectivity index (χ2n) is 6.96. The largest absolute Gasteiger partial charge is 0.480 e. The van der Waals surface area contributed by atoms with Crippen molar-refractivity contribution in [2.24, 2.45) is 0 Å². The molecule has 0 bridgehead atoms. The van der Waals surface area contributed by atoms with Crippen LogP contribution in [0.15, 0.2) is 65.4 Å². The number of aromatic nitrogens is 2. The Balaban J connectivity index is 1.39. The van der Waals surface area contributed by atoms with Gasteiger partial charge in [-0.3, -0.25) is 14.9 Å². The van der Waals surface area contributed by atoms with E-state index in [1.54, 1.807) is 54.7 Å². The molecule has 0 aliphatic carbocycles. The zero-order valence-corrected chi connectivity index (χ0v) is 18.3. The summed E-state index contributed by atoms with van der Waals surface area (Å²) in [4.78, 5) is 55.4. The Morgan fingerprint density at radius 1 is 1.03 bits per heavy atom. The molecule has 0 saturated carbocycles. The zero-order chi connectivity index (χ0) is 25.0. The summed E-state index contributed by atoms with van der Waals surface area (Å²) < 4.78 is 10.1. The van der Waals surface area contributed by atoms with Crippen LogP contribution in [0.2, 0.25) is 0 Å². The van der Waals surface area contributed by atoms with Gasteiger partial charge in [0.25, 0.3) is 5.91 Å². The second kappa shape index (κ2) is 12.3.